The van der Waals surface area contributed by atoms with E-state index in [1.54, 1.807) is 18.2 Å². The second-order valence-electron chi connectivity index (χ2n) is 6.37. The Bertz CT molecular complexity index is 857. The summed E-state index contributed by atoms with van der Waals surface area (Å²) in [5, 5.41) is 14.3. The van der Waals surface area contributed by atoms with Gasteiger partial charge in [-0.2, -0.15) is 0 Å². The number of carbonyl (C=O) groups excluding carboxylic acids is 2. The molecule has 0 saturated carbocycles. The monoisotopic (exact) mass is 374 g/mol. The first-order valence-electron chi connectivity index (χ1n) is 9.14. The highest BCUT2D eigenvalue weighted by atomic mass is 16.5. The van der Waals surface area contributed by atoms with E-state index in [1.807, 2.05) is 13.8 Å². The number of hydrogen-bond acceptors (Lipinski definition) is 6. The summed E-state index contributed by atoms with van der Waals surface area (Å²) in [7, 11) is 0. The molecule has 0 unspecified atom stereocenters. The van der Waals surface area contributed by atoms with Gasteiger partial charge in [0.05, 0.1) is 12.0 Å². The summed E-state index contributed by atoms with van der Waals surface area (Å²) < 4.78 is 10.6. The van der Waals surface area contributed by atoms with E-state index >= 15 is 0 Å². The third-order valence-electron chi connectivity index (χ3n) is 4.16. The van der Waals surface area contributed by atoms with Crippen molar-refractivity contribution in [3.8, 4) is 5.75 Å². The van der Waals surface area contributed by atoms with Crippen LogP contribution in [-0.2, 0) is 16.0 Å². The maximum atomic E-state index is 12.0. The predicted octanol–water partition coefficient (Wildman–Crippen LogP) is 1.55. The first-order chi connectivity index (χ1) is 12.9. The maximum Gasteiger partial charge on any atom is 0.336 e. The van der Waals surface area contributed by atoms with Gasteiger partial charge in [-0.3, -0.25) is 4.79 Å². The SMILES string of the molecule is CCCC[C@@H](NC(=O)COc1ccc2c(CCC)cc(=O)oc2c1)C(=O)[O-]. The molecule has 0 radical (unpaired) electrons. The van der Waals surface area contributed by atoms with Crippen LogP contribution in [0, 0.1) is 0 Å². The normalized spacial score (nSPS) is 11.9. The molecule has 0 saturated heterocycles. The predicted molar refractivity (Wildman–Crippen MR) is 98.4 cm³/mol. The molecule has 1 N–H and O–H groups in total. The van der Waals surface area contributed by atoms with Gasteiger partial charge in [-0.1, -0.05) is 33.1 Å². The summed E-state index contributed by atoms with van der Waals surface area (Å²) in [6, 6.07) is 5.46. The van der Waals surface area contributed by atoms with Gasteiger partial charge in [-0.15, -0.1) is 0 Å². The fourth-order valence-corrected chi connectivity index (χ4v) is 2.82. The molecule has 1 aromatic carbocycles. The van der Waals surface area contributed by atoms with Gasteiger partial charge in [0.1, 0.15) is 11.3 Å². The van der Waals surface area contributed by atoms with E-state index in [1.165, 1.54) is 6.07 Å². The molecule has 0 spiro atoms. The Kier molecular flexibility index (Phi) is 7.40. The summed E-state index contributed by atoms with van der Waals surface area (Å²) in [5.41, 5.74) is 0.855. The topological polar surface area (TPSA) is 109 Å². The molecule has 0 bridgehead atoms. The number of fused-ring (bicyclic) bond motifs is 1. The molecule has 0 fully saturated rings. The van der Waals surface area contributed by atoms with E-state index in [9.17, 15) is 19.5 Å². The smallest absolute Gasteiger partial charge is 0.336 e. The first kappa shape index (κ1) is 20.5. The van der Waals surface area contributed by atoms with Crippen LogP contribution in [0.5, 0.6) is 5.75 Å². The van der Waals surface area contributed by atoms with Crippen LogP contribution in [0.3, 0.4) is 0 Å². The van der Waals surface area contributed by atoms with Crippen LogP contribution < -0.4 is 20.8 Å². The lowest BCUT2D eigenvalue weighted by Gasteiger charge is -2.19. The zero-order valence-electron chi connectivity index (χ0n) is 15.6. The lowest BCUT2D eigenvalue weighted by atomic mass is 10.1. The molecular weight excluding hydrogens is 350 g/mol. The summed E-state index contributed by atoms with van der Waals surface area (Å²) >= 11 is 0. The van der Waals surface area contributed by atoms with Gasteiger partial charge in [0.2, 0.25) is 0 Å². The number of hydrogen-bond donors (Lipinski definition) is 1. The van der Waals surface area contributed by atoms with Gasteiger partial charge in [-0.05, 0) is 30.5 Å². The fourth-order valence-electron chi connectivity index (χ4n) is 2.82. The Morgan fingerprint density at radius 3 is 2.67 bits per heavy atom. The minimum Gasteiger partial charge on any atom is -0.548 e. The zero-order valence-corrected chi connectivity index (χ0v) is 15.6. The number of amides is 1. The van der Waals surface area contributed by atoms with Gasteiger partial charge in [-0.25, -0.2) is 4.79 Å². The summed E-state index contributed by atoms with van der Waals surface area (Å²) in [6.07, 6.45) is 3.45. The Morgan fingerprint density at radius 1 is 1.22 bits per heavy atom. The lowest BCUT2D eigenvalue weighted by molar-refractivity contribution is -0.308. The lowest BCUT2D eigenvalue weighted by Crippen LogP contribution is -2.49. The van der Waals surface area contributed by atoms with Gasteiger partial charge in [0.15, 0.2) is 6.61 Å². The number of carboxylic acids is 1. The quantitative estimate of drug-likeness (QED) is 0.632. The number of nitrogens with one attached hydrogen (secondary N) is 1. The van der Waals surface area contributed by atoms with E-state index in [0.717, 1.165) is 30.2 Å². The van der Waals surface area contributed by atoms with Crippen molar-refractivity contribution in [2.24, 2.45) is 0 Å². The number of aryl methyl sites for hydroxylation is 1. The Labute approximate surface area is 157 Å². The largest absolute Gasteiger partial charge is 0.548 e. The van der Waals surface area contributed by atoms with Crippen LogP contribution in [0.15, 0.2) is 33.5 Å². The second kappa shape index (κ2) is 9.75. The molecule has 0 aliphatic rings. The summed E-state index contributed by atoms with van der Waals surface area (Å²) in [4.78, 5) is 34.7. The third-order valence-corrected chi connectivity index (χ3v) is 4.16. The van der Waals surface area contributed by atoms with Crippen LogP contribution in [-0.4, -0.2) is 24.5 Å². The molecular formula is C20H24NO6-. The summed E-state index contributed by atoms with van der Waals surface area (Å²) in [6.45, 7) is 3.61. The standard InChI is InChI=1S/C20H25NO6/c1-3-5-7-16(20(24)25)21-18(22)12-26-14-8-9-15-13(6-4-2)10-19(23)27-17(15)11-14/h8-11,16H,3-7,12H2,1-2H3,(H,21,22)(H,24,25)/p-1/t16-/m1/s1. The molecule has 1 aromatic heterocycles. The number of carbonyl (C=O) groups is 2. The van der Waals surface area contributed by atoms with E-state index in [2.05, 4.69) is 5.32 Å². The maximum absolute atomic E-state index is 12.0. The number of benzene rings is 1. The van der Waals surface area contributed by atoms with Crippen LogP contribution in [0.1, 0.15) is 45.1 Å². The van der Waals surface area contributed by atoms with Crippen LogP contribution in [0.2, 0.25) is 0 Å². The Balaban J connectivity index is 2.05. The fraction of sp³-hybridized carbons (Fsp3) is 0.450. The second-order valence-corrected chi connectivity index (χ2v) is 6.37. The third kappa shape index (κ3) is 5.84. The highest BCUT2D eigenvalue weighted by Crippen LogP contribution is 2.23. The molecule has 1 heterocycles. The van der Waals surface area contributed by atoms with Crippen molar-refractivity contribution < 1.29 is 23.8 Å². The molecule has 0 aliphatic heterocycles. The molecule has 0 aliphatic carbocycles. The van der Waals surface area contributed by atoms with Gasteiger partial charge < -0.3 is 24.4 Å². The molecule has 2 rings (SSSR count). The molecule has 7 nitrogen and oxygen atoms in total. The molecule has 1 atom stereocenters. The highest BCUT2D eigenvalue weighted by Gasteiger charge is 2.14. The van der Waals surface area contributed by atoms with Crippen LogP contribution in [0.25, 0.3) is 11.0 Å². The van der Waals surface area contributed by atoms with Crippen molar-refractivity contribution in [1.82, 2.24) is 5.32 Å². The molecule has 27 heavy (non-hydrogen) atoms. The number of carboxylic acid groups (broad SMARTS) is 1. The van der Waals surface area contributed by atoms with Crippen molar-refractivity contribution in [3.63, 3.8) is 0 Å². The minimum atomic E-state index is -1.31. The first-order valence-corrected chi connectivity index (χ1v) is 9.14. The van der Waals surface area contributed by atoms with Crippen molar-refractivity contribution in [3.05, 3.63) is 40.2 Å². The molecule has 7 heteroatoms. The minimum absolute atomic E-state index is 0.311. The van der Waals surface area contributed by atoms with Crippen molar-refractivity contribution in [1.29, 1.82) is 0 Å². The average molecular weight is 374 g/mol. The van der Waals surface area contributed by atoms with Crippen molar-refractivity contribution >= 4 is 22.8 Å². The zero-order chi connectivity index (χ0) is 19.8. The van der Waals surface area contributed by atoms with Crippen LogP contribution in [0.4, 0.5) is 0 Å². The highest BCUT2D eigenvalue weighted by molar-refractivity contribution is 5.84. The Hall–Kier alpha value is -2.83. The van der Waals surface area contributed by atoms with E-state index in [-0.39, 0.29) is 6.61 Å². The number of unbranched alkanes of at least 4 members (excludes halogenated alkanes) is 1. The van der Waals surface area contributed by atoms with Crippen molar-refractivity contribution in [2.75, 3.05) is 6.61 Å². The number of rotatable bonds is 10. The Morgan fingerprint density at radius 2 is 2.00 bits per heavy atom. The van der Waals surface area contributed by atoms with E-state index in [0.29, 0.717) is 24.2 Å². The van der Waals surface area contributed by atoms with Gasteiger partial charge in [0, 0.05) is 17.5 Å². The van der Waals surface area contributed by atoms with Gasteiger partial charge >= 0.3 is 5.63 Å². The van der Waals surface area contributed by atoms with E-state index in [4.69, 9.17) is 9.15 Å². The molecule has 2 aromatic rings. The van der Waals surface area contributed by atoms with Gasteiger partial charge in [0.25, 0.3) is 5.91 Å². The van der Waals surface area contributed by atoms with E-state index < -0.39 is 23.5 Å². The average Bonchev–Trinajstić information content (AvgIpc) is 2.63. The van der Waals surface area contributed by atoms with Crippen LogP contribution >= 0.6 is 0 Å². The van der Waals surface area contributed by atoms with Crippen molar-refractivity contribution in [2.45, 2.75) is 52.0 Å². The molecule has 1 amide bonds. The number of ether oxygens (including phenoxy) is 1. The number of aliphatic carboxylic acids is 1. The molecule has 146 valence electrons. The summed E-state index contributed by atoms with van der Waals surface area (Å²) in [5.74, 6) is -1.51.